The molecule has 1 aliphatic rings. The molecule has 0 saturated carbocycles. The van der Waals surface area contributed by atoms with Crippen molar-refractivity contribution < 1.29 is 14.3 Å². The molecule has 26 heavy (non-hydrogen) atoms. The molecular formula is C18H30FN5O2. The van der Waals surface area contributed by atoms with Gasteiger partial charge >= 0.3 is 5.97 Å². The summed E-state index contributed by atoms with van der Waals surface area (Å²) in [5.74, 6) is 9.32. The van der Waals surface area contributed by atoms with Crippen molar-refractivity contribution in [1.82, 2.24) is 10.7 Å². The van der Waals surface area contributed by atoms with Crippen molar-refractivity contribution in [3.63, 3.8) is 0 Å². The van der Waals surface area contributed by atoms with Crippen LogP contribution in [0.4, 0.5) is 4.39 Å². The number of hydrazine groups is 1. The summed E-state index contributed by atoms with van der Waals surface area (Å²) in [4.78, 5) is 10.7. The maximum atomic E-state index is 13.5. The molecule has 7 N–H and O–H groups in total. The van der Waals surface area contributed by atoms with Gasteiger partial charge in [-0.15, -0.1) is 0 Å². The molecule has 0 radical (unpaired) electrons. The molecule has 2 unspecified atom stereocenters. The smallest absolute Gasteiger partial charge is 0.307 e. The van der Waals surface area contributed by atoms with Crippen molar-refractivity contribution in [2.45, 2.75) is 39.5 Å². The molecule has 0 bridgehead atoms. The van der Waals surface area contributed by atoms with Gasteiger partial charge in [0, 0.05) is 18.9 Å². The first kappa shape index (κ1) is 21.9. The van der Waals surface area contributed by atoms with Gasteiger partial charge in [-0.05, 0) is 43.0 Å². The number of hydrazone groups is 1. The SMILES string of the molecule is CC(C)C(C/C(=N/N)NN)C(=O)O.Cc1ccc(C2CCNC2)c(F)c1. The molecule has 7 nitrogen and oxygen atoms in total. The fourth-order valence-corrected chi connectivity index (χ4v) is 2.85. The second kappa shape index (κ2) is 10.7. The third kappa shape index (κ3) is 6.61. The van der Waals surface area contributed by atoms with Crippen LogP contribution in [0.25, 0.3) is 0 Å². The van der Waals surface area contributed by atoms with Crippen molar-refractivity contribution >= 4 is 11.8 Å². The van der Waals surface area contributed by atoms with Crippen LogP contribution in [0.2, 0.25) is 0 Å². The van der Waals surface area contributed by atoms with Gasteiger partial charge in [-0.25, -0.2) is 10.2 Å². The molecule has 1 aromatic rings. The van der Waals surface area contributed by atoms with Crippen LogP contribution in [0.5, 0.6) is 0 Å². The number of aliphatic carboxylic acids is 1. The molecule has 1 aliphatic heterocycles. The van der Waals surface area contributed by atoms with E-state index < -0.39 is 11.9 Å². The van der Waals surface area contributed by atoms with Crippen LogP contribution in [0.1, 0.15) is 43.7 Å². The molecule has 146 valence electrons. The van der Waals surface area contributed by atoms with Crippen LogP contribution in [0, 0.1) is 24.6 Å². The van der Waals surface area contributed by atoms with Crippen LogP contribution >= 0.6 is 0 Å². The highest BCUT2D eigenvalue weighted by molar-refractivity contribution is 5.85. The Hall–Kier alpha value is -2.19. The van der Waals surface area contributed by atoms with Gasteiger partial charge in [0.25, 0.3) is 0 Å². The molecule has 1 aromatic carbocycles. The number of amidine groups is 1. The minimum atomic E-state index is -0.869. The number of aryl methyl sites for hydroxylation is 1. The number of carbonyl (C=O) groups is 1. The fourth-order valence-electron chi connectivity index (χ4n) is 2.85. The maximum absolute atomic E-state index is 13.5. The topological polar surface area (TPSA) is 126 Å². The highest BCUT2D eigenvalue weighted by Gasteiger charge is 2.23. The Morgan fingerprint density at radius 2 is 2.19 bits per heavy atom. The summed E-state index contributed by atoms with van der Waals surface area (Å²) in [5.41, 5.74) is 4.12. The molecule has 2 atom stereocenters. The van der Waals surface area contributed by atoms with Crippen LogP contribution in [-0.4, -0.2) is 30.0 Å². The van der Waals surface area contributed by atoms with E-state index in [1.807, 2.05) is 32.9 Å². The van der Waals surface area contributed by atoms with Crippen LogP contribution in [0.15, 0.2) is 23.3 Å². The minimum absolute atomic E-state index is 0.0163. The molecule has 0 aliphatic carbocycles. The standard InChI is InChI=1S/C11H14FN.C7H16N4O2/c1-8-2-3-10(11(12)6-8)9-4-5-13-7-9;1-4(2)5(7(12)13)3-6(10-8)11-9/h2-3,6,9,13H,4-5,7H2,1H3;4-5H,3,8-9H2,1-2H3,(H,10,11)(H,12,13). The normalized spacial score (nSPS) is 18.2. The number of benzene rings is 1. The first-order chi connectivity index (χ1) is 12.3. The van der Waals surface area contributed by atoms with Gasteiger partial charge in [0.05, 0.1) is 5.92 Å². The Morgan fingerprint density at radius 3 is 2.62 bits per heavy atom. The van der Waals surface area contributed by atoms with Crippen molar-refractivity contribution in [3.8, 4) is 0 Å². The molecule has 0 aromatic heterocycles. The van der Waals surface area contributed by atoms with E-state index in [0.29, 0.717) is 11.8 Å². The van der Waals surface area contributed by atoms with E-state index in [1.54, 1.807) is 6.07 Å². The van der Waals surface area contributed by atoms with Gasteiger partial charge in [-0.2, -0.15) is 5.10 Å². The van der Waals surface area contributed by atoms with Crippen molar-refractivity contribution in [3.05, 3.63) is 35.1 Å². The second-order valence-electron chi connectivity index (χ2n) is 6.83. The Balaban J connectivity index is 0.000000260. The number of nitrogens with one attached hydrogen (secondary N) is 2. The van der Waals surface area contributed by atoms with Crippen molar-refractivity contribution in [2.75, 3.05) is 13.1 Å². The van der Waals surface area contributed by atoms with Crippen LogP contribution in [0.3, 0.4) is 0 Å². The van der Waals surface area contributed by atoms with E-state index in [4.69, 9.17) is 16.8 Å². The summed E-state index contributed by atoms with van der Waals surface area (Å²) in [6.45, 7) is 7.49. The largest absolute Gasteiger partial charge is 0.481 e. The van der Waals surface area contributed by atoms with E-state index in [0.717, 1.165) is 30.6 Å². The Bertz CT molecular complexity index is 616. The fraction of sp³-hybridized carbons (Fsp3) is 0.556. The predicted molar refractivity (Wildman–Crippen MR) is 101 cm³/mol. The summed E-state index contributed by atoms with van der Waals surface area (Å²) in [7, 11) is 0. The van der Waals surface area contributed by atoms with Crippen LogP contribution < -0.4 is 22.4 Å². The van der Waals surface area contributed by atoms with Crippen LogP contribution in [-0.2, 0) is 4.79 Å². The second-order valence-corrected chi connectivity index (χ2v) is 6.83. The third-order valence-electron chi connectivity index (χ3n) is 4.51. The molecular weight excluding hydrogens is 337 g/mol. The number of hydrogen-bond donors (Lipinski definition) is 5. The lowest BCUT2D eigenvalue weighted by Gasteiger charge is -2.16. The summed E-state index contributed by atoms with van der Waals surface area (Å²) in [6, 6.07) is 5.52. The molecule has 1 saturated heterocycles. The predicted octanol–water partition coefficient (Wildman–Crippen LogP) is 1.68. The van der Waals surface area contributed by atoms with Gasteiger partial charge < -0.3 is 21.7 Å². The average molecular weight is 367 g/mol. The van der Waals surface area contributed by atoms with Crippen molar-refractivity contribution in [1.29, 1.82) is 0 Å². The van der Waals surface area contributed by atoms with Gasteiger partial charge in [0.15, 0.2) is 0 Å². The summed E-state index contributed by atoms with van der Waals surface area (Å²) in [5, 5.41) is 15.4. The summed E-state index contributed by atoms with van der Waals surface area (Å²) in [6.07, 6.45) is 1.28. The highest BCUT2D eigenvalue weighted by atomic mass is 19.1. The number of carboxylic acids is 1. The zero-order valence-electron chi connectivity index (χ0n) is 15.6. The van der Waals surface area contributed by atoms with E-state index in [9.17, 15) is 9.18 Å². The lowest BCUT2D eigenvalue weighted by Crippen LogP contribution is -2.35. The molecule has 0 spiro atoms. The van der Waals surface area contributed by atoms with Gasteiger partial charge in [0.1, 0.15) is 11.7 Å². The first-order valence-corrected chi connectivity index (χ1v) is 8.73. The van der Waals surface area contributed by atoms with E-state index in [1.165, 1.54) is 0 Å². The maximum Gasteiger partial charge on any atom is 0.307 e. The minimum Gasteiger partial charge on any atom is -0.481 e. The zero-order chi connectivity index (χ0) is 19.7. The molecule has 1 fully saturated rings. The zero-order valence-corrected chi connectivity index (χ0v) is 15.6. The number of carboxylic acid groups (broad SMARTS) is 1. The summed E-state index contributed by atoms with van der Waals surface area (Å²) < 4.78 is 13.5. The lowest BCUT2D eigenvalue weighted by atomic mass is 9.92. The van der Waals surface area contributed by atoms with Gasteiger partial charge in [-0.3, -0.25) is 4.79 Å². The number of nitrogens with zero attached hydrogens (tertiary/aromatic N) is 1. The van der Waals surface area contributed by atoms with E-state index in [2.05, 4.69) is 15.8 Å². The monoisotopic (exact) mass is 367 g/mol. The van der Waals surface area contributed by atoms with E-state index in [-0.39, 0.29) is 18.2 Å². The highest BCUT2D eigenvalue weighted by Crippen LogP contribution is 2.25. The first-order valence-electron chi connectivity index (χ1n) is 8.73. The lowest BCUT2D eigenvalue weighted by molar-refractivity contribution is -0.142. The quantitative estimate of drug-likeness (QED) is 0.233. The Morgan fingerprint density at radius 1 is 1.50 bits per heavy atom. The summed E-state index contributed by atoms with van der Waals surface area (Å²) >= 11 is 0. The number of hydrogen-bond acceptors (Lipinski definition) is 5. The molecule has 8 heteroatoms. The molecule has 0 amide bonds. The Labute approximate surface area is 154 Å². The van der Waals surface area contributed by atoms with E-state index >= 15 is 0 Å². The third-order valence-corrected chi connectivity index (χ3v) is 4.51. The van der Waals surface area contributed by atoms with Gasteiger partial charge in [0.2, 0.25) is 0 Å². The van der Waals surface area contributed by atoms with Gasteiger partial charge in [-0.1, -0.05) is 26.0 Å². The average Bonchev–Trinajstić information content (AvgIpc) is 3.10. The molecule has 2 rings (SSSR count). The number of halogens is 1. The Kier molecular flexibility index (Phi) is 9.01. The molecule has 1 heterocycles. The number of rotatable bonds is 5. The van der Waals surface area contributed by atoms with Crippen molar-refractivity contribution in [2.24, 2.45) is 28.6 Å². The number of nitrogens with two attached hydrogens (primary N) is 2.